The number of carbonyl (C=O) groups is 2. The van der Waals surface area contributed by atoms with Crippen molar-refractivity contribution in [1.82, 2.24) is 10.6 Å². The number of hydrogen-bond donors (Lipinski definition) is 3. The van der Waals surface area contributed by atoms with Crippen LogP contribution in [0.25, 0.3) is 0 Å². The van der Waals surface area contributed by atoms with E-state index in [-0.39, 0.29) is 13.0 Å². The molecule has 0 aliphatic carbocycles. The zero-order valence-corrected chi connectivity index (χ0v) is 7.89. The number of urea groups is 1. The van der Waals surface area contributed by atoms with E-state index in [0.29, 0.717) is 0 Å². The van der Waals surface area contributed by atoms with Gasteiger partial charge in [0.05, 0.1) is 6.42 Å². The summed E-state index contributed by atoms with van der Waals surface area (Å²) in [5, 5.41) is 11.8. The molecule has 0 aliphatic rings. The number of carboxylic acid groups (broad SMARTS) is 1. The molecule has 1 unspecified atom stereocenters. The Labute approximate surface area is 83.6 Å². The van der Waals surface area contributed by atoms with Gasteiger partial charge in [0.2, 0.25) is 0 Å². The summed E-state index contributed by atoms with van der Waals surface area (Å²) < 4.78 is 35.8. The second-order valence-electron chi connectivity index (χ2n) is 2.81. The van der Waals surface area contributed by atoms with Crippen molar-refractivity contribution in [3.63, 3.8) is 0 Å². The molecule has 3 N–H and O–H groups in total. The van der Waals surface area contributed by atoms with Crippen LogP contribution in [0.2, 0.25) is 0 Å². The van der Waals surface area contributed by atoms with Crippen LogP contribution < -0.4 is 10.6 Å². The van der Waals surface area contributed by atoms with E-state index in [4.69, 9.17) is 5.11 Å². The van der Waals surface area contributed by atoms with Gasteiger partial charge in [0, 0.05) is 6.54 Å². The summed E-state index contributed by atoms with van der Waals surface area (Å²) in [6, 6.07) is -3.01. The maximum atomic E-state index is 11.9. The normalized spacial score (nSPS) is 13.1. The number of nitrogens with one attached hydrogen (secondary N) is 2. The number of carbonyl (C=O) groups excluding carboxylic acids is 1. The van der Waals surface area contributed by atoms with E-state index in [1.807, 2.05) is 5.32 Å². The van der Waals surface area contributed by atoms with E-state index in [2.05, 4.69) is 0 Å². The summed E-state index contributed by atoms with van der Waals surface area (Å²) in [5.74, 6) is -1.14. The topological polar surface area (TPSA) is 78.4 Å². The van der Waals surface area contributed by atoms with Crippen LogP contribution in [0.4, 0.5) is 18.0 Å². The molecule has 0 fully saturated rings. The smallest absolute Gasteiger partial charge is 0.408 e. The van der Waals surface area contributed by atoms with Crippen molar-refractivity contribution in [1.29, 1.82) is 0 Å². The van der Waals surface area contributed by atoms with Crippen molar-refractivity contribution in [3.8, 4) is 0 Å². The third-order valence-corrected chi connectivity index (χ3v) is 1.46. The maximum absolute atomic E-state index is 11.9. The van der Waals surface area contributed by atoms with Gasteiger partial charge in [-0.2, -0.15) is 13.2 Å². The van der Waals surface area contributed by atoms with Gasteiger partial charge in [-0.05, 0) is 6.92 Å². The minimum atomic E-state index is -4.51. The average Bonchev–Trinajstić information content (AvgIpc) is 2.01. The van der Waals surface area contributed by atoms with E-state index >= 15 is 0 Å². The highest BCUT2D eigenvalue weighted by atomic mass is 19.4. The lowest BCUT2D eigenvalue weighted by Gasteiger charge is -2.17. The number of halogens is 3. The highest BCUT2D eigenvalue weighted by Crippen LogP contribution is 2.19. The zero-order chi connectivity index (χ0) is 12.1. The first kappa shape index (κ1) is 13.5. The van der Waals surface area contributed by atoms with Crippen LogP contribution in [0.15, 0.2) is 0 Å². The fourth-order valence-electron chi connectivity index (χ4n) is 0.612. The molecular formula is C7H11F3N2O3. The Morgan fingerprint density at radius 1 is 1.40 bits per heavy atom. The number of carboxylic acids is 1. The summed E-state index contributed by atoms with van der Waals surface area (Å²) >= 11 is 0. The van der Waals surface area contributed by atoms with Crippen molar-refractivity contribution in [2.24, 2.45) is 0 Å². The SMILES string of the molecule is CC(NC(=O)NCCC(=O)O)C(F)(F)F. The minimum Gasteiger partial charge on any atom is -0.481 e. The molecule has 2 amide bonds. The van der Waals surface area contributed by atoms with Crippen molar-refractivity contribution in [3.05, 3.63) is 0 Å². The van der Waals surface area contributed by atoms with E-state index in [9.17, 15) is 22.8 Å². The Morgan fingerprint density at radius 2 is 1.93 bits per heavy atom. The summed E-state index contributed by atoms with van der Waals surface area (Å²) in [7, 11) is 0. The Hall–Kier alpha value is -1.47. The molecule has 15 heavy (non-hydrogen) atoms. The molecule has 0 saturated carbocycles. The fraction of sp³-hybridized carbons (Fsp3) is 0.714. The van der Waals surface area contributed by atoms with Crippen LogP contribution in [0.3, 0.4) is 0 Å². The summed E-state index contributed by atoms with van der Waals surface area (Å²) in [6.45, 7) is 0.572. The molecule has 0 rings (SSSR count). The number of alkyl halides is 3. The van der Waals surface area contributed by atoms with Gasteiger partial charge < -0.3 is 15.7 Å². The molecule has 8 heteroatoms. The lowest BCUT2D eigenvalue weighted by atomic mass is 10.3. The number of amides is 2. The fourth-order valence-corrected chi connectivity index (χ4v) is 0.612. The molecule has 0 radical (unpaired) electrons. The molecule has 0 aromatic rings. The van der Waals surface area contributed by atoms with E-state index in [1.165, 1.54) is 0 Å². The van der Waals surface area contributed by atoms with Crippen LogP contribution in [-0.2, 0) is 4.79 Å². The molecule has 0 heterocycles. The molecule has 0 bridgehead atoms. The van der Waals surface area contributed by atoms with Crippen molar-refractivity contribution < 1.29 is 27.9 Å². The van der Waals surface area contributed by atoms with Crippen LogP contribution in [0.5, 0.6) is 0 Å². The summed E-state index contributed by atoms with van der Waals surface area (Å²) in [4.78, 5) is 20.8. The molecule has 0 aromatic carbocycles. The number of rotatable bonds is 4. The molecule has 0 aliphatic heterocycles. The van der Waals surface area contributed by atoms with Gasteiger partial charge in [0.15, 0.2) is 0 Å². The van der Waals surface area contributed by atoms with E-state index in [1.54, 1.807) is 5.32 Å². The van der Waals surface area contributed by atoms with Crippen LogP contribution in [-0.4, -0.2) is 35.9 Å². The predicted octanol–water partition coefficient (Wildman–Crippen LogP) is 0.711. The zero-order valence-electron chi connectivity index (χ0n) is 7.89. The second-order valence-corrected chi connectivity index (χ2v) is 2.81. The van der Waals surface area contributed by atoms with Gasteiger partial charge in [-0.3, -0.25) is 4.79 Å². The Kier molecular flexibility index (Phi) is 4.89. The summed E-state index contributed by atoms with van der Waals surface area (Å²) in [6.07, 6.45) is -4.85. The van der Waals surface area contributed by atoms with Gasteiger partial charge >= 0.3 is 18.2 Å². The largest absolute Gasteiger partial charge is 0.481 e. The highest BCUT2D eigenvalue weighted by molar-refractivity contribution is 5.75. The molecule has 1 atom stereocenters. The first-order valence-corrected chi connectivity index (χ1v) is 4.06. The third-order valence-electron chi connectivity index (χ3n) is 1.46. The van der Waals surface area contributed by atoms with Gasteiger partial charge in [0.1, 0.15) is 6.04 Å². The standard InChI is InChI=1S/C7H11F3N2O3/c1-4(7(8,9)10)12-6(15)11-3-2-5(13)14/h4H,2-3H2,1H3,(H,13,14)(H2,11,12,15). The van der Waals surface area contributed by atoms with Gasteiger partial charge in [-0.1, -0.05) is 0 Å². The average molecular weight is 228 g/mol. The molecular weight excluding hydrogens is 217 g/mol. The van der Waals surface area contributed by atoms with E-state index < -0.39 is 24.2 Å². The molecule has 0 aromatic heterocycles. The highest BCUT2D eigenvalue weighted by Gasteiger charge is 2.36. The van der Waals surface area contributed by atoms with Crippen molar-refractivity contribution in [2.45, 2.75) is 25.6 Å². The summed E-state index contributed by atoms with van der Waals surface area (Å²) in [5.41, 5.74) is 0. The number of aliphatic carboxylic acids is 1. The van der Waals surface area contributed by atoms with Crippen molar-refractivity contribution in [2.75, 3.05) is 6.54 Å². The van der Waals surface area contributed by atoms with Crippen LogP contribution >= 0.6 is 0 Å². The Morgan fingerprint density at radius 3 is 2.33 bits per heavy atom. The van der Waals surface area contributed by atoms with Gasteiger partial charge in [0.25, 0.3) is 0 Å². The molecule has 0 saturated heterocycles. The monoisotopic (exact) mass is 228 g/mol. The third kappa shape index (κ3) is 6.58. The second kappa shape index (κ2) is 5.42. The predicted molar refractivity (Wildman–Crippen MR) is 44.3 cm³/mol. The lowest BCUT2D eigenvalue weighted by molar-refractivity contribution is -0.148. The Bertz CT molecular complexity index is 242. The minimum absolute atomic E-state index is 0.217. The van der Waals surface area contributed by atoms with Crippen LogP contribution in [0, 0.1) is 0 Å². The lowest BCUT2D eigenvalue weighted by Crippen LogP contribution is -2.47. The van der Waals surface area contributed by atoms with Crippen molar-refractivity contribution >= 4 is 12.0 Å². The van der Waals surface area contributed by atoms with Gasteiger partial charge in [-0.25, -0.2) is 4.79 Å². The first-order chi connectivity index (χ1) is 6.73. The number of hydrogen-bond acceptors (Lipinski definition) is 2. The van der Waals surface area contributed by atoms with Gasteiger partial charge in [-0.15, -0.1) is 0 Å². The first-order valence-electron chi connectivity index (χ1n) is 4.06. The van der Waals surface area contributed by atoms with E-state index in [0.717, 1.165) is 6.92 Å². The molecule has 5 nitrogen and oxygen atoms in total. The quantitative estimate of drug-likeness (QED) is 0.663. The molecule has 88 valence electrons. The van der Waals surface area contributed by atoms with Crippen LogP contribution in [0.1, 0.15) is 13.3 Å². The Balaban J connectivity index is 3.79. The molecule has 0 spiro atoms. The maximum Gasteiger partial charge on any atom is 0.408 e.